The minimum atomic E-state index is -0.0305. The number of aliphatic hydroxyl groups is 1. The highest BCUT2D eigenvalue weighted by molar-refractivity contribution is 5.01. The molecule has 0 amide bonds. The van der Waals surface area contributed by atoms with Crippen molar-refractivity contribution in [3.63, 3.8) is 0 Å². The zero-order valence-electron chi connectivity index (χ0n) is 11.2. The SMILES string of the molecule is CN1CCC(C2C(O)CC3CCC2N3C)CC1. The molecule has 1 N–H and O–H groups in total. The van der Waals surface area contributed by atoms with Crippen molar-refractivity contribution in [2.24, 2.45) is 11.8 Å². The molecular weight excluding hydrogens is 212 g/mol. The molecule has 0 saturated carbocycles. The van der Waals surface area contributed by atoms with Gasteiger partial charge in [0.25, 0.3) is 0 Å². The van der Waals surface area contributed by atoms with Crippen LogP contribution in [0, 0.1) is 11.8 Å². The lowest BCUT2D eigenvalue weighted by Gasteiger charge is -2.46. The molecule has 0 aromatic carbocycles. The van der Waals surface area contributed by atoms with Gasteiger partial charge in [-0.1, -0.05) is 0 Å². The first kappa shape index (κ1) is 11.9. The van der Waals surface area contributed by atoms with Crippen LogP contribution in [0.2, 0.25) is 0 Å². The third-order valence-corrected chi connectivity index (χ3v) is 5.60. The van der Waals surface area contributed by atoms with E-state index in [4.69, 9.17) is 0 Å². The Balaban J connectivity index is 1.72. The smallest absolute Gasteiger partial charge is 0.0600 e. The molecule has 3 rings (SSSR count). The summed E-state index contributed by atoms with van der Waals surface area (Å²) in [6, 6.07) is 1.33. The predicted molar refractivity (Wildman–Crippen MR) is 68.9 cm³/mol. The van der Waals surface area contributed by atoms with Crippen LogP contribution in [0.15, 0.2) is 0 Å². The Morgan fingerprint density at radius 2 is 1.71 bits per heavy atom. The molecule has 0 aliphatic carbocycles. The van der Waals surface area contributed by atoms with E-state index in [0.717, 1.165) is 12.3 Å². The van der Waals surface area contributed by atoms with Crippen LogP contribution < -0.4 is 0 Å². The van der Waals surface area contributed by atoms with Crippen molar-refractivity contribution < 1.29 is 5.11 Å². The summed E-state index contributed by atoms with van der Waals surface area (Å²) in [7, 11) is 4.49. The molecule has 0 spiro atoms. The van der Waals surface area contributed by atoms with Crippen LogP contribution in [0.3, 0.4) is 0 Å². The molecule has 4 unspecified atom stereocenters. The third-order valence-electron chi connectivity index (χ3n) is 5.60. The average Bonchev–Trinajstić information content (AvgIpc) is 2.57. The van der Waals surface area contributed by atoms with E-state index in [1.165, 1.54) is 38.8 Å². The van der Waals surface area contributed by atoms with E-state index in [2.05, 4.69) is 23.9 Å². The molecular formula is C14H26N2O. The zero-order valence-corrected chi connectivity index (χ0v) is 11.2. The lowest BCUT2D eigenvalue weighted by molar-refractivity contribution is -0.0448. The minimum Gasteiger partial charge on any atom is -0.393 e. The van der Waals surface area contributed by atoms with E-state index >= 15 is 0 Å². The summed E-state index contributed by atoms with van der Waals surface area (Å²) in [5.74, 6) is 1.31. The Kier molecular flexibility index (Phi) is 3.18. The Hall–Kier alpha value is -0.120. The number of aliphatic hydroxyl groups excluding tert-OH is 1. The molecule has 3 nitrogen and oxygen atoms in total. The van der Waals surface area contributed by atoms with Gasteiger partial charge in [-0.3, -0.25) is 4.90 Å². The molecule has 4 atom stereocenters. The Bertz CT molecular complexity index is 275. The van der Waals surface area contributed by atoms with Crippen molar-refractivity contribution in [2.45, 2.75) is 50.3 Å². The van der Waals surface area contributed by atoms with E-state index in [-0.39, 0.29) is 6.10 Å². The van der Waals surface area contributed by atoms with E-state index in [1.807, 2.05) is 0 Å². The van der Waals surface area contributed by atoms with Gasteiger partial charge in [0, 0.05) is 18.0 Å². The molecule has 3 heterocycles. The summed E-state index contributed by atoms with van der Waals surface area (Å²) < 4.78 is 0. The van der Waals surface area contributed by atoms with E-state index in [9.17, 15) is 5.11 Å². The van der Waals surface area contributed by atoms with Gasteiger partial charge in [-0.2, -0.15) is 0 Å². The standard InChI is InChI=1S/C14H26N2O/c1-15-7-5-10(6-8-15)14-12-4-3-11(16(12)2)9-13(14)17/h10-14,17H,3-9H2,1-2H3. The fraction of sp³-hybridized carbons (Fsp3) is 1.00. The lowest BCUT2D eigenvalue weighted by Crippen LogP contribution is -2.53. The molecule has 3 aliphatic heterocycles. The van der Waals surface area contributed by atoms with Crippen molar-refractivity contribution in [3.8, 4) is 0 Å². The molecule has 0 radical (unpaired) electrons. The van der Waals surface area contributed by atoms with Crippen LogP contribution >= 0.6 is 0 Å². The topological polar surface area (TPSA) is 26.7 Å². The molecule has 0 aromatic heterocycles. The summed E-state index contributed by atoms with van der Waals surface area (Å²) in [6.07, 6.45) is 6.18. The van der Waals surface area contributed by atoms with Gasteiger partial charge in [-0.05, 0) is 65.2 Å². The van der Waals surface area contributed by atoms with Crippen molar-refractivity contribution >= 4 is 0 Å². The molecule has 3 saturated heterocycles. The quantitative estimate of drug-likeness (QED) is 0.743. The maximum Gasteiger partial charge on any atom is 0.0600 e. The maximum atomic E-state index is 10.4. The van der Waals surface area contributed by atoms with Crippen LogP contribution in [0.1, 0.15) is 32.1 Å². The van der Waals surface area contributed by atoms with Gasteiger partial charge in [-0.15, -0.1) is 0 Å². The first-order chi connectivity index (χ1) is 8.16. The first-order valence-corrected chi connectivity index (χ1v) is 7.25. The molecule has 2 bridgehead atoms. The lowest BCUT2D eigenvalue weighted by atomic mass is 9.74. The van der Waals surface area contributed by atoms with Gasteiger partial charge in [0.05, 0.1) is 6.10 Å². The Labute approximate surface area is 105 Å². The summed E-state index contributed by atoms with van der Waals surface area (Å²) in [6.45, 7) is 2.43. The van der Waals surface area contributed by atoms with Gasteiger partial charge in [-0.25, -0.2) is 0 Å². The fourth-order valence-electron chi connectivity index (χ4n) is 4.52. The number of hydrogen-bond acceptors (Lipinski definition) is 3. The monoisotopic (exact) mass is 238 g/mol. The van der Waals surface area contributed by atoms with Gasteiger partial charge in [0.1, 0.15) is 0 Å². The second kappa shape index (κ2) is 4.52. The van der Waals surface area contributed by atoms with Crippen molar-refractivity contribution in [2.75, 3.05) is 27.2 Å². The van der Waals surface area contributed by atoms with Crippen LogP contribution in [0.4, 0.5) is 0 Å². The van der Waals surface area contributed by atoms with Crippen LogP contribution in [-0.4, -0.2) is 60.3 Å². The summed E-state index contributed by atoms with van der Waals surface area (Å²) in [4.78, 5) is 4.99. The highest BCUT2D eigenvalue weighted by Crippen LogP contribution is 2.43. The molecule has 98 valence electrons. The average molecular weight is 238 g/mol. The van der Waals surface area contributed by atoms with Crippen molar-refractivity contribution in [1.29, 1.82) is 0 Å². The zero-order chi connectivity index (χ0) is 12.0. The number of piperidine rings is 2. The van der Waals surface area contributed by atoms with Gasteiger partial charge < -0.3 is 10.0 Å². The van der Waals surface area contributed by atoms with Crippen LogP contribution in [0.5, 0.6) is 0 Å². The predicted octanol–water partition coefficient (Wildman–Crippen LogP) is 1.17. The third kappa shape index (κ3) is 2.02. The summed E-state index contributed by atoms with van der Waals surface area (Å²) >= 11 is 0. The number of fused-ring (bicyclic) bond motifs is 2. The Morgan fingerprint density at radius 1 is 1.00 bits per heavy atom. The van der Waals surface area contributed by atoms with Gasteiger partial charge in [0.2, 0.25) is 0 Å². The number of rotatable bonds is 1. The van der Waals surface area contributed by atoms with Crippen molar-refractivity contribution in [3.05, 3.63) is 0 Å². The fourth-order valence-corrected chi connectivity index (χ4v) is 4.52. The highest BCUT2D eigenvalue weighted by atomic mass is 16.3. The van der Waals surface area contributed by atoms with Crippen LogP contribution in [0.25, 0.3) is 0 Å². The molecule has 0 aromatic rings. The summed E-state index contributed by atoms with van der Waals surface area (Å²) in [5, 5.41) is 10.4. The summed E-state index contributed by atoms with van der Waals surface area (Å²) in [5.41, 5.74) is 0. The van der Waals surface area contributed by atoms with E-state index < -0.39 is 0 Å². The Morgan fingerprint density at radius 3 is 2.41 bits per heavy atom. The largest absolute Gasteiger partial charge is 0.393 e. The molecule has 17 heavy (non-hydrogen) atoms. The maximum absolute atomic E-state index is 10.4. The molecule has 3 heteroatoms. The second-order valence-electron chi connectivity index (χ2n) is 6.49. The number of hydrogen-bond donors (Lipinski definition) is 1. The first-order valence-electron chi connectivity index (χ1n) is 7.25. The molecule has 3 fully saturated rings. The molecule has 3 aliphatic rings. The highest BCUT2D eigenvalue weighted by Gasteiger charge is 2.47. The van der Waals surface area contributed by atoms with E-state index in [1.54, 1.807) is 0 Å². The van der Waals surface area contributed by atoms with E-state index in [0.29, 0.717) is 18.0 Å². The van der Waals surface area contributed by atoms with Crippen molar-refractivity contribution in [1.82, 2.24) is 9.80 Å². The minimum absolute atomic E-state index is 0.0305. The van der Waals surface area contributed by atoms with Gasteiger partial charge in [0.15, 0.2) is 0 Å². The number of likely N-dealkylation sites (tertiary alicyclic amines) is 1. The second-order valence-corrected chi connectivity index (χ2v) is 6.49. The van der Waals surface area contributed by atoms with Gasteiger partial charge >= 0.3 is 0 Å². The normalized spacial score (nSPS) is 45.4. The number of nitrogens with zero attached hydrogens (tertiary/aromatic N) is 2. The van der Waals surface area contributed by atoms with Crippen LogP contribution in [-0.2, 0) is 0 Å².